The molecule has 2 fully saturated rings. The first-order valence-corrected chi connectivity index (χ1v) is 7.54. The molecule has 0 aromatic heterocycles. The van der Waals surface area contributed by atoms with Crippen molar-refractivity contribution in [2.24, 2.45) is 11.7 Å². The minimum Gasteiger partial charge on any atom is -0.368 e. The van der Waals surface area contributed by atoms with Gasteiger partial charge in [-0.05, 0) is 43.7 Å². The molecule has 0 spiro atoms. The largest absolute Gasteiger partial charge is 0.368 e. The van der Waals surface area contributed by atoms with E-state index in [-0.39, 0.29) is 12.4 Å². The number of hydrogen-bond donors (Lipinski definition) is 1. The van der Waals surface area contributed by atoms with Crippen LogP contribution in [0, 0.1) is 11.7 Å². The summed E-state index contributed by atoms with van der Waals surface area (Å²) in [6.45, 7) is 1.35. The minimum absolute atomic E-state index is 0.155. The van der Waals surface area contributed by atoms with Gasteiger partial charge in [-0.3, -0.25) is 0 Å². The molecular formula is C16H23FN2. The van der Waals surface area contributed by atoms with Crippen molar-refractivity contribution in [1.29, 1.82) is 0 Å². The second kappa shape index (κ2) is 5.49. The monoisotopic (exact) mass is 262 g/mol. The summed E-state index contributed by atoms with van der Waals surface area (Å²) in [6, 6.07) is 6.20. The Hall–Kier alpha value is -1.09. The lowest BCUT2D eigenvalue weighted by molar-refractivity contribution is 0.243. The normalized spacial score (nSPS) is 27.2. The van der Waals surface area contributed by atoms with Crippen LogP contribution in [0.3, 0.4) is 0 Å². The van der Waals surface area contributed by atoms with Gasteiger partial charge in [-0.25, -0.2) is 4.39 Å². The lowest BCUT2D eigenvalue weighted by Gasteiger charge is -2.45. The predicted molar refractivity (Wildman–Crippen MR) is 76.6 cm³/mol. The van der Waals surface area contributed by atoms with Crippen molar-refractivity contribution >= 4 is 5.69 Å². The third-order valence-electron chi connectivity index (χ3n) is 4.83. The maximum absolute atomic E-state index is 13.9. The molecule has 1 aromatic carbocycles. The molecule has 0 bridgehead atoms. The van der Waals surface area contributed by atoms with E-state index in [0.717, 1.165) is 18.2 Å². The van der Waals surface area contributed by atoms with Gasteiger partial charge in [-0.2, -0.15) is 0 Å². The molecule has 2 aliphatic rings. The van der Waals surface area contributed by atoms with Gasteiger partial charge in [0.2, 0.25) is 0 Å². The molecule has 1 saturated heterocycles. The maximum atomic E-state index is 13.9. The van der Waals surface area contributed by atoms with Crippen molar-refractivity contribution in [3.05, 3.63) is 29.6 Å². The number of nitrogens with zero attached hydrogens (tertiary/aromatic N) is 1. The minimum atomic E-state index is -0.155. The topological polar surface area (TPSA) is 29.3 Å². The molecule has 2 N–H and O–H groups in total. The fraction of sp³-hybridized carbons (Fsp3) is 0.625. The molecule has 104 valence electrons. The average Bonchev–Trinajstić information content (AvgIpc) is 2.46. The highest BCUT2D eigenvalue weighted by molar-refractivity contribution is 5.50. The molecule has 1 aliphatic carbocycles. The Balaban J connectivity index is 1.85. The van der Waals surface area contributed by atoms with Gasteiger partial charge in [-0.1, -0.05) is 18.9 Å². The molecule has 1 aliphatic heterocycles. The number of nitrogens with two attached hydrogens (primary N) is 1. The highest BCUT2D eigenvalue weighted by atomic mass is 19.1. The van der Waals surface area contributed by atoms with Gasteiger partial charge < -0.3 is 10.6 Å². The predicted octanol–water partition coefficient (Wildman–Crippen LogP) is 3.44. The first-order chi connectivity index (χ1) is 9.29. The Kier molecular flexibility index (Phi) is 3.74. The van der Waals surface area contributed by atoms with Crippen LogP contribution in [-0.2, 0) is 6.54 Å². The summed E-state index contributed by atoms with van der Waals surface area (Å²) in [5, 5.41) is 0. The van der Waals surface area contributed by atoms with Crippen LogP contribution in [0.5, 0.6) is 0 Å². The van der Waals surface area contributed by atoms with Gasteiger partial charge >= 0.3 is 0 Å². The Labute approximate surface area is 114 Å². The Morgan fingerprint density at radius 3 is 2.74 bits per heavy atom. The Morgan fingerprint density at radius 2 is 1.95 bits per heavy atom. The molecule has 2 nitrogen and oxygen atoms in total. The van der Waals surface area contributed by atoms with Crippen LogP contribution >= 0.6 is 0 Å². The van der Waals surface area contributed by atoms with Crippen molar-refractivity contribution in [3.8, 4) is 0 Å². The molecule has 1 heterocycles. The first kappa shape index (κ1) is 12.9. The van der Waals surface area contributed by atoms with E-state index in [1.165, 1.54) is 38.5 Å². The van der Waals surface area contributed by atoms with Crippen LogP contribution in [0.1, 0.15) is 44.1 Å². The van der Waals surface area contributed by atoms with E-state index in [2.05, 4.69) is 4.90 Å². The molecule has 1 aromatic rings. The van der Waals surface area contributed by atoms with Gasteiger partial charge in [0, 0.05) is 30.4 Å². The Morgan fingerprint density at radius 1 is 1.16 bits per heavy atom. The van der Waals surface area contributed by atoms with Crippen LogP contribution in [0.2, 0.25) is 0 Å². The third-order valence-corrected chi connectivity index (χ3v) is 4.83. The molecule has 3 rings (SSSR count). The number of benzene rings is 1. The maximum Gasteiger partial charge on any atom is 0.129 e. The molecule has 3 heteroatoms. The molecule has 0 amide bonds. The van der Waals surface area contributed by atoms with Crippen molar-refractivity contribution in [2.75, 3.05) is 11.4 Å². The summed E-state index contributed by atoms with van der Waals surface area (Å²) in [4.78, 5) is 2.44. The zero-order chi connectivity index (χ0) is 13.2. The number of fused-ring (bicyclic) bond motifs is 1. The number of hydrogen-bond acceptors (Lipinski definition) is 2. The van der Waals surface area contributed by atoms with Gasteiger partial charge in [-0.15, -0.1) is 0 Å². The van der Waals surface area contributed by atoms with Crippen LogP contribution in [0.15, 0.2) is 18.2 Å². The van der Waals surface area contributed by atoms with Crippen molar-refractivity contribution < 1.29 is 4.39 Å². The summed E-state index contributed by atoms with van der Waals surface area (Å²) >= 11 is 0. The number of anilines is 1. The zero-order valence-corrected chi connectivity index (χ0v) is 11.4. The van der Waals surface area contributed by atoms with Crippen LogP contribution in [-0.4, -0.2) is 12.6 Å². The van der Waals surface area contributed by atoms with E-state index in [1.807, 2.05) is 12.1 Å². The summed E-state index contributed by atoms with van der Waals surface area (Å²) in [7, 11) is 0. The van der Waals surface area contributed by atoms with E-state index in [9.17, 15) is 4.39 Å². The van der Waals surface area contributed by atoms with Crippen LogP contribution in [0.4, 0.5) is 10.1 Å². The molecule has 2 atom stereocenters. The van der Waals surface area contributed by atoms with Crippen LogP contribution in [0.25, 0.3) is 0 Å². The fourth-order valence-electron chi connectivity index (χ4n) is 3.83. The number of piperidine rings is 1. The molecule has 2 unspecified atom stereocenters. The van der Waals surface area contributed by atoms with E-state index < -0.39 is 0 Å². The Bertz CT molecular complexity index is 444. The lowest BCUT2D eigenvalue weighted by atomic mass is 9.78. The van der Waals surface area contributed by atoms with E-state index in [0.29, 0.717) is 11.6 Å². The number of rotatable bonds is 2. The van der Waals surface area contributed by atoms with Gasteiger partial charge in [0.15, 0.2) is 0 Å². The van der Waals surface area contributed by atoms with Crippen LogP contribution < -0.4 is 10.6 Å². The summed E-state index contributed by atoms with van der Waals surface area (Å²) < 4.78 is 13.9. The van der Waals surface area contributed by atoms with E-state index in [1.54, 1.807) is 6.07 Å². The van der Waals surface area contributed by atoms with E-state index >= 15 is 0 Å². The standard InChI is InChI=1S/C16H23FN2/c17-15-10-14(8-7-13(15)11-18)19-9-3-5-12-4-1-2-6-16(12)19/h7-8,10,12,16H,1-6,9,11,18H2. The van der Waals surface area contributed by atoms with Gasteiger partial charge in [0.1, 0.15) is 5.82 Å². The van der Waals surface area contributed by atoms with Crippen molar-refractivity contribution in [1.82, 2.24) is 0 Å². The average molecular weight is 262 g/mol. The van der Waals surface area contributed by atoms with Gasteiger partial charge in [0.25, 0.3) is 0 Å². The molecule has 1 saturated carbocycles. The third kappa shape index (κ3) is 2.48. The smallest absolute Gasteiger partial charge is 0.129 e. The second-order valence-electron chi connectivity index (χ2n) is 5.93. The molecular weight excluding hydrogens is 239 g/mol. The number of halogens is 1. The van der Waals surface area contributed by atoms with E-state index in [4.69, 9.17) is 5.73 Å². The summed E-state index contributed by atoms with van der Waals surface area (Å²) in [5.74, 6) is 0.665. The summed E-state index contributed by atoms with van der Waals surface area (Å²) in [5.41, 5.74) is 7.19. The molecule has 19 heavy (non-hydrogen) atoms. The van der Waals surface area contributed by atoms with Gasteiger partial charge in [0.05, 0.1) is 0 Å². The highest BCUT2D eigenvalue weighted by Crippen LogP contribution is 2.37. The second-order valence-corrected chi connectivity index (χ2v) is 5.93. The summed E-state index contributed by atoms with van der Waals surface area (Å²) in [6.07, 6.45) is 7.90. The van der Waals surface area contributed by atoms with Crippen molar-refractivity contribution in [2.45, 2.75) is 51.1 Å². The van der Waals surface area contributed by atoms with Crippen molar-refractivity contribution in [3.63, 3.8) is 0 Å². The zero-order valence-electron chi connectivity index (χ0n) is 11.4. The SMILES string of the molecule is NCc1ccc(N2CCCC3CCCCC32)cc1F. The molecule has 0 radical (unpaired) electrons. The fourth-order valence-corrected chi connectivity index (χ4v) is 3.83. The lowest BCUT2D eigenvalue weighted by Crippen LogP contribution is -2.46. The quantitative estimate of drug-likeness (QED) is 0.884. The highest BCUT2D eigenvalue weighted by Gasteiger charge is 2.33. The first-order valence-electron chi connectivity index (χ1n) is 7.54.